The number of hydrogen-bond acceptors (Lipinski definition) is 4. The molecule has 2 aromatic heterocycles. The van der Waals surface area contributed by atoms with Gasteiger partial charge in [0.05, 0.1) is 19.4 Å². The molecule has 1 aliphatic rings. The lowest BCUT2D eigenvalue weighted by Crippen LogP contribution is -2.20. The van der Waals surface area contributed by atoms with Crippen LogP contribution in [-0.2, 0) is 19.6 Å². The summed E-state index contributed by atoms with van der Waals surface area (Å²) in [6, 6.07) is 6.82. The van der Waals surface area contributed by atoms with E-state index in [-0.39, 0.29) is 0 Å². The minimum Gasteiger partial charge on any atom is -0.468 e. The van der Waals surface area contributed by atoms with E-state index in [1.165, 1.54) is 18.4 Å². The van der Waals surface area contributed by atoms with E-state index in [1.54, 1.807) is 6.26 Å². The van der Waals surface area contributed by atoms with Crippen molar-refractivity contribution in [2.45, 2.75) is 45.4 Å². The van der Waals surface area contributed by atoms with Crippen LogP contribution in [-0.4, -0.2) is 18.0 Å². The van der Waals surface area contributed by atoms with Gasteiger partial charge in [0, 0.05) is 18.2 Å². The lowest BCUT2D eigenvalue weighted by Gasteiger charge is -2.14. The van der Waals surface area contributed by atoms with Crippen molar-refractivity contribution in [2.24, 2.45) is 0 Å². The van der Waals surface area contributed by atoms with Gasteiger partial charge in [0.25, 0.3) is 0 Å². The topological polar surface area (TPSA) is 41.6 Å². The molecule has 0 aliphatic heterocycles. The molecular formula is C16H22N2O2. The van der Waals surface area contributed by atoms with Gasteiger partial charge in [0.15, 0.2) is 0 Å². The Kier molecular flexibility index (Phi) is 3.94. The third-order valence-corrected chi connectivity index (χ3v) is 3.63. The minimum atomic E-state index is 0.724. The first-order chi connectivity index (χ1) is 9.70. The number of rotatable bonds is 7. The van der Waals surface area contributed by atoms with Crippen LogP contribution in [0.15, 0.2) is 33.3 Å². The van der Waals surface area contributed by atoms with Crippen LogP contribution >= 0.6 is 0 Å². The molecule has 0 unspecified atom stereocenters. The van der Waals surface area contributed by atoms with Crippen LogP contribution < -0.4 is 5.32 Å². The van der Waals surface area contributed by atoms with E-state index in [4.69, 9.17) is 8.83 Å². The quantitative estimate of drug-likeness (QED) is 0.842. The second kappa shape index (κ2) is 5.85. The van der Waals surface area contributed by atoms with Crippen molar-refractivity contribution in [1.82, 2.24) is 10.2 Å². The van der Waals surface area contributed by atoms with Gasteiger partial charge in [0.1, 0.15) is 17.3 Å². The molecule has 1 saturated carbocycles. The molecule has 0 atom stereocenters. The van der Waals surface area contributed by atoms with Gasteiger partial charge in [-0.25, -0.2) is 0 Å². The zero-order valence-electron chi connectivity index (χ0n) is 12.2. The van der Waals surface area contributed by atoms with Gasteiger partial charge in [0.2, 0.25) is 0 Å². The van der Waals surface area contributed by atoms with E-state index < -0.39 is 0 Å². The van der Waals surface area contributed by atoms with Crippen molar-refractivity contribution in [2.75, 3.05) is 7.05 Å². The molecule has 4 heteroatoms. The second-order valence-electron chi connectivity index (χ2n) is 5.71. The average Bonchev–Trinajstić information content (AvgIpc) is 3.01. The Balaban J connectivity index is 1.54. The summed E-state index contributed by atoms with van der Waals surface area (Å²) in [6.07, 6.45) is 4.40. The number of aryl methyl sites for hydroxylation is 1. The van der Waals surface area contributed by atoms with Crippen LogP contribution in [0.2, 0.25) is 0 Å². The van der Waals surface area contributed by atoms with E-state index >= 15 is 0 Å². The summed E-state index contributed by atoms with van der Waals surface area (Å²) in [7, 11) is 2.08. The standard InChI is InChI=1S/C16H22N2O2/c1-12-3-6-15(20-12)10-18(2)11-16-13(7-8-19-16)9-17-14-4-5-14/h3,6-8,14,17H,4-5,9-11H2,1-2H3. The first-order valence-corrected chi connectivity index (χ1v) is 7.23. The van der Waals surface area contributed by atoms with E-state index in [0.717, 1.165) is 43.0 Å². The van der Waals surface area contributed by atoms with E-state index in [9.17, 15) is 0 Å². The second-order valence-corrected chi connectivity index (χ2v) is 5.71. The van der Waals surface area contributed by atoms with Crippen LogP contribution in [0.5, 0.6) is 0 Å². The molecule has 1 aliphatic carbocycles. The third-order valence-electron chi connectivity index (χ3n) is 3.63. The number of nitrogens with one attached hydrogen (secondary N) is 1. The summed E-state index contributed by atoms with van der Waals surface area (Å²) in [4.78, 5) is 2.21. The van der Waals surface area contributed by atoms with E-state index in [2.05, 4.69) is 23.3 Å². The van der Waals surface area contributed by atoms with Crippen molar-refractivity contribution >= 4 is 0 Å². The molecule has 1 N–H and O–H groups in total. The predicted octanol–water partition coefficient (Wildman–Crippen LogP) is 3.07. The molecular weight excluding hydrogens is 252 g/mol. The highest BCUT2D eigenvalue weighted by Crippen LogP contribution is 2.21. The van der Waals surface area contributed by atoms with Gasteiger partial charge in [-0.3, -0.25) is 4.90 Å². The Morgan fingerprint density at radius 3 is 2.80 bits per heavy atom. The Hall–Kier alpha value is -1.52. The highest BCUT2D eigenvalue weighted by atomic mass is 16.3. The number of furan rings is 2. The maximum absolute atomic E-state index is 5.62. The molecule has 0 amide bonds. The minimum absolute atomic E-state index is 0.724. The van der Waals surface area contributed by atoms with Crippen molar-refractivity contribution in [3.8, 4) is 0 Å². The fourth-order valence-electron chi connectivity index (χ4n) is 2.34. The summed E-state index contributed by atoms with van der Waals surface area (Å²) in [5.74, 6) is 3.00. The Morgan fingerprint density at radius 2 is 2.10 bits per heavy atom. The van der Waals surface area contributed by atoms with Crippen LogP contribution in [0, 0.1) is 6.92 Å². The largest absolute Gasteiger partial charge is 0.468 e. The Bertz CT molecular complexity index is 554. The molecule has 0 spiro atoms. The lowest BCUT2D eigenvalue weighted by atomic mass is 10.2. The van der Waals surface area contributed by atoms with Gasteiger partial charge < -0.3 is 14.2 Å². The molecule has 0 radical (unpaired) electrons. The average molecular weight is 274 g/mol. The molecule has 4 nitrogen and oxygen atoms in total. The molecule has 0 aromatic carbocycles. The van der Waals surface area contributed by atoms with Crippen molar-refractivity contribution in [3.05, 3.63) is 47.3 Å². The molecule has 1 fully saturated rings. The fraction of sp³-hybridized carbons (Fsp3) is 0.500. The van der Waals surface area contributed by atoms with Gasteiger partial charge in [-0.15, -0.1) is 0 Å². The smallest absolute Gasteiger partial charge is 0.122 e. The van der Waals surface area contributed by atoms with Gasteiger partial charge in [-0.1, -0.05) is 0 Å². The lowest BCUT2D eigenvalue weighted by molar-refractivity contribution is 0.261. The van der Waals surface area contributed by atoms with Crippen LogP contribution in [0.1, 0.15) is 35.7 Å². The summed E-state index contributed by atoms with van der Waals surface area (Å²) in [6.45, 7) is 4.47. The summed E-state index contributed by atoms with van der Waals surface area (Å²) in [5, 5.41) is 3.53. The SMILES string of the molecule is Cc1ccc(CN(C)Cc2occc2CNC2CC2)o1. The zero-order chi connectivity index (χ0) is 13.9. The van der Waals surface area contributed by atoms with Crippen LogP contribution in [0.3, 0.4) is 0 Å². The zero-order valence-corrected chi connectivity index (χ0v) is 12.2. The summed E-state index contributed by atoms with van der Waals surface area (Å²) in [5.41, 5.74) is 1.26. The van der Waals surface area contributed by atoms with Crippen LogP contribution in [0.4, 0.5) is 0 Å². The number of nitrogens with zero attached hydrogens (tertiary/aromatic N) is 1. The highest BCUT2D eigenvalue weighted by Gasteiger charge is 2.21. The summed E-state index contributed by atoms with van der Waals surface area (Å²) >= 11 is 0. The molecule has 0 bridgehead atoms. The molecule has 0 saturated heterocycles. The molecule has 108 valence electrons. The Morgan fingerprint density at radius 1 is 1.25 bits per heavy atom. The van der Waals surface area contributed by atoms with Crippen molar-refractivity contribution in [1.29, 1.82) is 0 Å². The first-order valence-electron chi connectivity index (χ1n) is 7.23. The third kappa shape index (κ3) is 3.52. The molecule has 2 heterocycles. The maximum atomic E-state index is 5.62. The Labute approximate surface area is 119 Å². The normalized spacial score (nSPS) is 15.2. The molecule has 20 heavy (non-hydrogen) atoms. The van der Waals surface area contributed by atoms with E-state index in [1.807, 2.05) is 19.1 Å². The summed E-state index contributed by atoms with van der Waals surface area (Å²) < 4.78 is 11.2. The van der Waals surface area contributed by atoms with Gasteiger partial charge in [-0.2, -0.15) is 0 Å². The van der Waals surface area contributed by atoms with E-state index in [0.29, 0.717) is 0 Å². The monoisotopic (exact) mass is 274 g/mol. The van der Waals surface area contributed by atoms with Gasteiger partial charge in [-0.05, 0) is 45.0 Å². The molecule has 3 rings (SSSR count). The first kappa shape index (κ1) is 13.5. The fourth-order valence-corrected chi connectivity index (χ4v) is 2.34. The van der Waals surface area contributed by atoms with Crippen molar-refractivity contribution in [3.63, 3.8) is 0 Å². The predicted molar refractivity (Wildman–Crippen MR) is 77.2 cm³/mol. The van der Waals surface area contributed by atoms with Crippen LogP contribution in [0.25, 0.3) is 0 Å². The molecule has 2 aromatic rings. The number of hydrogen-bond donors (Lipinski definition) is 1. The maximum Gasteiger partial charge on any atom is 0.122 e. The van der Waals surface area contributed by atoms with Gasteiger partial charge >= 0.3 is 0 Å². The van der Waals surface area contributed by atoms with Crippen molar-refractivity contribution < 1.29 is 8.83 Å². The highest BCUT2D eigenvalue weighted by molar-refractivity contribution is 5.17.